The molecule has 1 heterocycles. The second-order valence-corrected chi connectivity index (χ2v) is 4.52. The predicted octanol–water partition coefficient (Wildman–Crippen LogP) is 1.05. The van der Waals surface area contributed by atoms with E-state index < -0.39 is 0 Å². The molecule has 2 rings (SSSR count). The summed E-state index contributed by atoms with van der Waals surface area (Å²) in [4.78, 5) is 0. The maximum atomic E-state index is 6.10. The fourth-order valence-corrected chi connectivity index (χ4v) is 2.46. The van der Waals surface area contributed by atoms with Crippen molar-refractivity contribution < 1.29 is 0 Å². The Bertz CT molecular complexity index is 352. The molecule has 0 bridgehead atoms. The number of aromatic nitrogens is 2. The summed E-state index contributed by atoms with van der Waals surface area (Å²) in [6.45, 7) is 0.660. The molecule has 1 saturated carbocycles. The number of nitrogens with two attached hydrogens (primary N) is 3. The van der Waals surface area contributed by atoms with Gasteiger partial charge in [-0.25, -0.2) is 4.68 Å². The fourth-order valence-electron chi connectivity index (χ4n) is 2.46. The van der Waals surface area contributed by atoms with E-state index in [0.29, 0.717) is 18.4 Å². The first kappa shape index (κ1) is 11.3. The molecule has 0 radical (unpaired) electrons. The molecule has 0 amide bonds. The van der Waals surface area contributed by atoms with E-state index in [1.165, 1.54) is 25.7 Å². The molecule has 16 heavy (non-hydrogen) atoms. The van der Waals surface area contributed by atoms with Gasteiger partial charge in [0.05, 0.1) is 6.04 Å². The molecule has 0 unspecified atom stereocenters. The van der Waals surface area contributed by atoms with Crippen molar-refractivity contribution in [2.24, 2.45) is 5.73 Å². The minimum absolute atomic E-state index is 0.453. The first-order valence-corrected chi connectivity index (χ1v) is 6.06. The fraction of sp³-hybridized carbons (Fsp3) is 0.727. The number of nitrogen functional groups attached to an aromatic ring is 2. The number of anilines is 2. The maximum Gasteiger partial charge on any atom is 0.150 e. The molecule has 5 heteroatoms. The van der Waals surface area contributed by atoms with Gasteiger partial charge in [-0.05, 0) is 32.2 Å². The lowest BCUT2D eigenvalue weighted by atomic mass is 10.1. The van der Waals surface area contributed by atoms with Crippen molar-refractivity contribution in [1.29, 1.82) is 0 Å². The van der Waals surface area contributed by atoms with E-state index in [1.807, 2.05) is 4.68 Å². The average molecular weight is 223 g/mol. The van der Waals surface area contributed by atoms with Gasteiger partial charge in [-0.15, -0.1) is 0 Å². The molecule has 6 N–H and O–H groups in total. The first-order chi connectivity index (χ1) is 7.74. The third kappa shape index (κ3) is 2.00. The van der Waals surface area contributed by atoms with E-state index in [2.05, 4.69) is 5.10 Å². The molecule has 0 saturated heterocycles. The van der Waals surface area contributed by atoms with Crippen molar-refractivity contribution in [3.05, 3.63) is 5.56 Å². The van der Waals surface area contributed by atoms with Crippen LogP contribution in [0.1, 0.15) is 43.7 Å². The zero-order valence-corrected chi connectivity index (χ0v) is 9.65. The highest BCUT2D eigenvalue weighted by Gasteiger charge is 2.22. The van der Waals surface area contributed by atoms with E-state index in [1.54, 1.807) is 0 Å². The van der Waals surface area contributed by atoms with Gasteiger partial charge in [0.2, 0.25) is 0 Å². The Hall–Kier alpha value is -1.23. The summed E-state index contributed by atoms with van der Waals surface area (Å²) in [6.07, 6.45) is 6.61. The van der Waals surface area contributed by atoms with E-state index in [-0.39, 0.29) is 0 Å². The Morgan fingerprint density at radius 3 is 2.56 bits per heavy atom. The summed E-state index contributed by atoms with van der Waals surface area (Å²) in [7, 11) is 0. The van der Waals surface area contributed by atoms with E-state index in [4.69, 9.17) is 17.2 Å². The lowest BCUT2D eigenvalue weighted by Crippen LogP contribution is -2.10. The summed E-state index contributed by atoms with van der Waals surface area (Å²) >= 11 is 0. The van der Waals surface area contributed by atoms with Gasteiger partial charge in [-0.1, -0.05) is 12.8 Å². The van der Waals surface area contributed by atoms with Gasteiger partial charge < -0.3 is 17.2 Å². The topological polar surface area (TPSA) is 95.9 Å². The van der Waals surface area contributed by atoms with Crippen LogP contribution in [-0.2, 0) is 6.42 Å². The largest absolute Gasteiger partial charge is 0.384 e. The second kappa shape index (κ2) is 4.74. The lowest BCUT2D eigenvalue weighted by molar-refractivity contribution is 0.475. The van der Waals surface area contributed by atoms with Crippen LogP contribution in [0.15, 0.2) is 0 Å². The van der Waals surface area contributed by atoms with Crippen molar-refractivity contribution in [3.63, 3.8) is 0 Å². The quantitative estimate of drug-likeness (QED) is 0.711. The Kier molecular flexibility index (Phi) is 3.33. The van der Waals surface area contributed by atoms with Gasteiger partial charge in [0.1, 0.15) is 5.82 Å². The molecular formula is C11H21N5. The second-order valence-electron chi connectivity index (χ2n) is 4.52. The maximum absolute atomic E-state index is 6.10. The zero-order valence-electron chi connectivity index (χ0n) is 9.65. The van der Waals surface area contributed by atoms with Crippen molar-refractivity contribution in [2.75, 3.05) is 18.0 Å². The molecule has 0 atom stereocenters. The molecule has 1 aliphatic carbocycles. The van der Waals surface area contributed by atoms with Crippen LogP contribution in [0.5, 0.6) is 0 Å². The summed E-state index contributed by atoms with van der Waals surface area (Å²) in [6, 6.07) is 0.453. The smallest absolute Gasteiger partial charge is 0.150 e. The van der Waals surface area contributed by atoms with E-state index in [9.17, 15) is 0 Å². The van der Waals surface area contributed by atoms with Crippen LogP contribution in [0.4, 0.5) is 11.6 Å². The molecule has 1 aromatic heterocycles. The Morgan fingerprint density at radius 2 is 1.94 bits per heavy atom. The van der Waals surface area contributed by atoms with Crippen LogP contribution in [0.25, 0.3) is 0 Å². The SMILES string of the molecule is NCCCc1c(N)nn(C2CCCC2)c1N. The molecular weight excluding hydrogens is 202 g/mol. The number of hydrogen-bond acceptors (Lipinski definition) is 4. The molecule has 1 aromatic rings. The van der Waals surface area contributed by atoms with Crippen molar-refractivity contribution in [2.45, 2.75) is 44.6 Å². The third-order valence-corrected chi connectivity index (χ3v) is 3.38. The molecule has 1 aliphatic rings. The predicted molar refractivity (Wildman–Crippen MR) is 65.9 cm³/mol. The average Bonchev–Trinajstić information content (AvgIpc) is 2.86. The summed E-state index contributed by atoms with van der Waals surface area (Å²) in [5, 5.41) is 4.37. The minimum atomic E-state index is 0.453. The normalized spacial score (nSPS) is 17.1. The van der Waals surface area contributed by atoms with Gasteiger partial charge in [0.15, 0.2) is 5.82 Å². The number of hydrogen-bond donors (Lipinski definition) is 3. The Morgan fingerprint density at radius 1 is 1.25 bits per heavy atom. The highest BCUT2D eigenvalue weighted by molar-refractivity contribution is 5.54. The number of rotatable bonds is 4. The van der Waals surface area contributed by atoms with Gasteiger partial charge >= 0.3 is 0 Å². The van der Waals surface area contributed by atoms with Crippen molar-refractivity contribution >= 4 is 11.6 Å². The molecule has 1 fully saturated rings. The molecule has 0 spiro atoms. The summed E-state index contributed by atoms with van der Waals surface area (Å²) in [5.74, 6) is 1.33. The third-order valence-electron chi connectivity index (χ3n) is 3.38. The minimum Gasteiger partial charge on any atom is -0.384 e. The van der Waals surface area contributed by atoms with Gasteiger partial charge in [0.25, 0.3) is 0 Å². The van der Waals surface area contributed by atoms with Crippen LogP contribution in [0.2, 0.25) is 0 Å². The van der Waals surface area contributed by atoms with Crippen LogP contribution in [-0.4, -0.2) is 16.3 Å². The monoisotopic (exact) mass is 223 g/mol. The van der Waals surface area contributed by atoms with Crippen molar-refractivity contribution in [1.82, 2.24) is 9.78 Å². The van der Waals surface area contributed by atoms with Gasteiger partial charge in [0, 0.05) is 5.56 Å². The Balaban J connectivity index is 2.19. The lowest BCUT2D eigenvalue weighted by Gasteiger charge is -2.11. The van der Waals surface area contributed by atoms with Crippen LogP contribution in [0.3, 0.4) is 0 Å². The number of nitrogens with zero attached hydrogens (tertiary/aromatic N) is 2. The highest BCUT2D eigenvalue weighted by Crippen LogP contribution is 2.33. The Labute approximate surface area is 96.0 Å². The van der Waals surface area contributed by atoms with Crippen LogP contribution in [0, 0.1) is 0 Å². The molecule has 0 aromatic carbocycles. The van der Waals surface area contributed by atoms with E-state index >= 15 is 0 Å². The molecule has 5 nitrogen and oxygen atoms in total. The van der Waals surface area contributed by atoms with Gasteiger partial charge in [-0.2, -0.15) is 5.10 Å². The zero-order chi connectivity index (χ0) is 11.5. The summed E-state index contributed by atoms with van der Waals surface area (Å²) < 4.78 is 1.92. The highest BCUT2D eigenvalue weighted by atomic mass is 15.3. The first-order valence-electron chi connectivity index (χ1n) is 6.06. The van der Waals surface area contributed by atoms with Crippen LogP contribution >= 0.6 is 0 Å². The van der Waals surface area contributed by atoms with Gasteiger partial charge in [-0.3, -0.25) is 0 Å². The van der Waals surface area contributed by atoms with Crippen molar-refractivity contribution in [3.8, 4) is 0 Å². The van der Waals surface area contributed by atoms with E-state index in [0.717, 1.165) is 24.2 Å². The van der Waals surface area contributed by atoms with Crippen LogP contribution < -0.4 is 17.2 Å². The molecule has 0 aliphatic heterocycles. The standard InChI is InChI=1S/C11H21N5/c12-7-3-6-9-10(13)15-16(11(9)14)8-4-1-2-5-8/h8H,1-7,12,14H2,(H2,13,15). The molecule has 90 valence electrons. The summed E-state index contributed by atoms with van der Waals surface area (Å²) in [5.41, 5.74) is 18.5.